The molecule has 12 nitrogen and oxygen atoms in total. The van der Waals surface area contributed by atoms with E-state index in [4.69, 9.17) is 0 Å². The summed E-state index contributed by atoms with van der Waals surface area (Å²) in [6.45, 7) is 0.782. The summed E-state index contributed by atoms with van der Waals surface area (Å²) in [4.78, 5) is 71.3. The van der Waals surface area contributed by atoms with Crippen LogP contribution in [-0.4, -0.2) is 35.4 Å². The van der Waals surface area contributed by atoms with Crippen LogP contribution in [0.3, 0.4) is 0 Å². The van der Waals surface area contributed by atoms with Crippen molar-refractivity contribution in [3.8, 4) is 0 Å². The fourth-order valence-corrected chi connectivity index (χ4v) is 3.85. The highest BCUT2D eigenvalue weighted by Gasteiger charge is 2.10. The molecule has 0 bridgehead atoms. The summed E-state index contributed by atoms with van der Waals surface area (Å²) >= 11 is 0. The van der Waals surface area contributed by atoms with Crippen molar-refractivity contribution in [1.29, 1.82) is 0 Å². The molecule has 2 rings (SSSR count). The van der Waals surface area contributed by atoms with Crippen molar-refractivity contribution in [2.75, 3.05) is 0 Å². The molecule has 0 aromatic heterocycles. The van der Waals surface area contributed by atoms with Crippen LogP contribution in [0.5, 0.6) is 0 Å². The molecule has 0 aliphatic carbocycles. The molecule has 0 radical (unpaired) electrons. The van der Waals surface area contributed by atoms with Gasteiger partial charge in [-0.05, 0) is 24.0 Å². The summed E-state index contributed by atoms with van der Waals surface area (Å²) in [6, 6.07) is 18.9. The third-order valence-corrected chi connectivity index (χ3v) is 6.31. The first kappa shape index (κ1) is 34.5. The van der Waals surface area contributed by atoms with Gasteiger partial charge in [-0.1, -0.05) is 79.9 Å². The molecule has 232 valence electrons. The largest absolute Gasteiger partial charge is 0.352 e. The van der Waals surface area contributed by atoms with Crippen molar-refractivity contribution < 1.29 is 28.8 Å². The molecule has 0 atom stereocenters. The summed E-state index contributed by atoms with van der Waals surface area (Å²) in [6.07, 6.45) is 4.12. The van der Waals surface area contributed by atoms with Crippen LogP contribution < -0.4 is 32.3 Å². The number of carbonyl (C=O) groups excluding carboxylic acids is 6. The van der Waals surface area contributed by atoms with Crippen molar-refractivity contribution in [3.05, 3.63) is 71.8 Å². The van der Waals surface area contributed by atoms with Gasteiger partial charge in [0.05, 0.1) is 0 Å². The minimum atomic E-state index is -0.443. The van der Waals surface area contributed by atoms with Crippen molar-refractivity contribution in [3.63, 3.8) is 0 Å². The second-order valence-corrected chi connectivity index (χ2v) is 9.99. The second kappa shape index (κ2) is 21.0. The normalized spacial score (nSPS) is 10.2. The molecule has 0 fully saturated rings. The molecule has 0 saturated carbocycles. The Morgan fingerprint density at radius 3 is 1.05 bits per heavy atom. The maximum Gasteiger partial charge on any atom is 0.238 e. The lowest BCUT2D eigenvalue weighted by atomic mass is 10.1. The number of amides is 6. The number of hydrazine groups is 2. The number of carbonyl (C=O) groups is 6. The first-order valence-corrected chi connectivity index (χ1v) is 14.6. The van der Waals surface area contributed by atoms with Crippen molar-refractivity contribution in [2.24, 2.45) is 0 Å². The first-order valence-electron chi connectivity index (χ1n) is 14.6. The molecule has 43 heavy (non-hydrogen) atoms. The summed E-state index contributed by atoms with van der Waals surface area (Å²) in [5, 5.41) is 5.49. The summed E-state index contributed by atoms with van der Waals surface area (Å²) in [5.74, 6) is -2.01. The third-order valence-electron chi connectivity index (χ3n) is 6.31. The Morgan fingerprint density at radius 2 is 0.674 bits per heavy atom. The molecular formula is C31H42N6O6. The van der Waals surface area contributed by atoms with Gasteiger partial charge in [0.1, 0.15) is 0 Å². The topological polar surface area (TPSA) is 175 Å². The van der Waals surface area contributed by atoms with Crippen molar-refractivity contribution in [1.82, 2.24) is 32.3 Å². The average molecular weight is 595 g/mol. The number of nitrogens with one attached hydrogen (secondary N) is 6. The van der Waals surface area contributed by atoms with Crippen molar-refractivity contribution in [2.45, 2.75) is 83.7 Å². The number of rotatable bonds is 18. The van der Waals surface area contributed by atoms with E-state index in [1.165, 1.54) is 0 Å². The SMILES string of the molecule is O=C(CCC(=O)NNC(=O)CCCCCCCC(=O)NNC(=O)CCC(=O)NCc1ccccc1)NCc1ccccc1. The molecule has 12 heteroatoms. The monoisotopic (exact) mass is 594 g/mol. The van der Waals surface area contributed by atoms with Gasteiger partial charge in [0.25, 0.3) is 0 Å². The summed E-state index contributed by atoms with van der Waals surface area (Å²) in [7, 11) is 0. The van der Waals surface area contributed by atoms with E-state index in [0.717, 1.165) is 30.4 Å². The van der Waals surface area contributed by atoms with Gasteiger partial charge in [0.2, 0.25) is 35.4 Å². The number of benzene rings is 2. The maximum atomic E-state index is 11.9. The Hall–Kier alpha value is -4.74. The number of unbranched alkanes of at least 4 members (excludes halogenated alkanes) is 4. The molecule has 0 spiro atoms. The molecule has 0 aliphatic heterocycles. The van der Waals surface area contributed by atoms with Gasteiger partial charge in [0, 0.05) is 51.6 Å². The standard InChI is InChI=1S/C31H42N6O6/c38-26(32-22-24-12-6-4-7-13-24)18-20-30(42)36-34-28(40)16-10-2-1-3-11-17-29(41)35-37-31(43)21-19-27(39)33-23-25-14-8-5-9-15-25/h4-9,12-15H,1-3,10-11,16-23H2,(H,32,38)(H,33,39)(H,34,40)(H,35,41)(H,36,42)(H,37,43). The molecule has 0 saturated heterocycles. The lowest BCUT2D eigenvalue weighted by Gasteiger charge is -2.09. The van der Waals surface area contributed by atoms with E-state index in [1.54, 1.807) is 0 Å². The lowest BCUT2D eigenvalue weighted by Crippen LogP contribution is -2.41. The van der Waals surface area contributed by atoms with Crippen LogP contribution >= 0.6 is 0 Å². The Labute approximate surface area is 252 Å². The Balaban J connectivity index is 1.38. The van der Waals surface area contributed by atoms with Gasteiger partial charge < -0.3 is 10.6 Å². The highest BCUT2D eigenvalue weighted by Crippen LogP contribution is 2.07. The highest BCUT2D eigenvalue weighted by molar-refractivity contribution is 5.86. The van der Waals surface area contributed by atoms with E-state index in [1.807, 2.05) is 60.7 Å². The second-order valence-electron chi connectivity index (χ2n) is 9.99. The highest BCUT2D eigenvalue weighted by atomic mass is 16.2. The molecule has 2 aromatic rings. The van der Waals surface area contributed by atoms with Crippen LogP contribution in [0.1, 0.15) is 81.8 Å². The zero-order valence-corrected chi connectivity index (χ0v) is 24.4. The van der Waals surface area contributed by atoms with E-state index in [0.29, 0.717) is 25.9 Å². The van der Waals surface area contributed by atoms with Crippen LogP contribution in [-0.2, 0) is 41.9 Å². The molecular weight excluding hydrogens is 552 g/mol. The molecule has 6 N–H and O–H groups in total. The first-order chi connectivity index (χ1) is 20.8. The fourth-order valence-electron chi connectivity index (χ4n) is 3.85. The number of hydrogen-bond acceptors (Lipinski definition) is 6. The predicted octanol–water partition coefficient (Wildman–Crippen LogP) is 2.21. The maximum absolute atomic E-state index is 11.9. The van der Waals surface area contributed by atoms with Crippen LogP contribution in [0.15, 0.2) is 60.7 Å². The molecule has 0 heterocycles. The van der Waals surface area contributed by atoms with E-state index in [-0.39, 0.29) is 62.2 Å². The molecule has 2 aromatic carbocycles. The predicted molar refractivity (Wildman–Crippen MR) is 160 cm³/mol. The zero-order valence-electron chi connectivity index (χ0n) is 24.4. The Morgan fingerprint density at radius 1 is 0.372 bits per heavy atom. The number of hydrogen-bond donors (Lipinski definition) is 6. The molecule has 0 aliphatic rings. The quantitative estimate of drug-likeness (QED) is 0.114. The van der Waals surface area contributed by atoms with Gasteiger partial charge in [-0.25, -0.2) is 0 Å². The van der Waals surface area contributed by atoms with E-state index in [2.05, 4.69) is 32.3 Å². The third kappa shape index (κ3) is 17.6. The molecule has 6 amide bonds. The van der Waals surface area contributed by atoms with Crippen LogP contribution in [0.2, 0.25) is 0 Å². The average Bonchev–Trinajstić information content (AvgIpc) is 3.02. The summed E-state index contributed by atoms with van der Waals surface area (Å²) in [5.41, 5.74) is 11.3. The van der Waals surface area contributed by atoms with Gasteiger partial charge in [-0.15, -0.1) is 0 Å². The summed E-state index contributed by atoms with van der Waals surface area (Å²) < 4.78 is 0. The fraction of sp³-hybridized carbons (Fsp3) is 0.419. The smallest absolute Gasteiger partial charge is 0.238 e. The van der Waals surface area contributed by atoms with Crippen LogP contribution in [0.25, 0.3) is 0 Å². The van der Waals surface area contributed by atoms with Crippen molar-refractivity contribution >= 4 is 35.4 Å². The van der Waals surface area contributed by atoms with Gasteiger partial charge in [-0.3, -0.25) is 50.5 Å². The molecule has 0 unspecified atom stereocenters. The lowest BCUT2D eigenvalue weighted by molar-refractivity contribution is -0.130. The van der Waals surface area contributed by atoms with E-state index in [9.17, 15) is 28.8 Å². The van der Waals surface area contributed by atoms with Gasteiger partial charge in [0.15, 0.2) is 0 Å². The van der Waals surface area contributed by atoms with E-state index < -0.39 is 11.8 Å². The minimum absolute atomic E-state index is 0.0211. The Kier molecular flexibility index (Phi) is 16.9. The minimum Gasteiger partial charge on any atom is -0.352 e. The van der Waals surface area contributed by atoms with Crippen LogP contribution in [0, 0.1) is 0 Å². The van der Waals surface area contributed by atoms with E-state index >= 15 is 0 Å². The van der Waals surface area contributed by atoms with Gasteiger partial charge >= 0.3 is 0 Å². The zero-order chi connectivity index (χ0) is 31.1. The Bertz CT molecular complexity index is 1080. The van der Waals surface area contributed by atoms with Crippen LogP contribution in [0.4, 0.5) is 0 Å². The van der Waals surface area contributed by atoms with Gasteiger partial charge in [-0.2, -0.15) is 0 Å².